The molecule has 6 heteroatoms. The Labute approximate surface area is 117 Å². The molecule has 0 spiro atoms. The highest BCUT2D eigenvalue weighted by Crippen LogP contribution is 2.21. The molecule has 0 radical (unpaired) electrons. The van der Waals surface area contributed by atoms with Gasteiger partial charge in [0.05, 0.1) is 16.8 Å². The summed E-state index contributed by atoms with van der Waals surface area (Å²) in [6.07, 6.45) is 1.41. The Morgan fingerprint density at radius 1 is 1.16 bits per heavy atom. The van der Waals surface area contributed by atoms with E-state index in [4.69, 9.17) is 11.6 Å². The summed E-state index contributed by atoms with van der Waals surface area (Å²) in [6, 6.07) is 8.24. The number of anilines is 1. The van der Waals surface area contributed by atoms with Gasteiger partial charge in [0.1, 0.15) is 5.15 Å². The molecule has 0 saturated carbocycles. The van der Waals surface area contributed by atoms with Crippen LogP contribution in [0.5, 0.6) is 0 Å². The van der Waals surface area contributed by atoms with Crippen LogP contribution < -0.4 is 4.72 Å². The van der Waals surface area contributed by atoms with Gasteiger partial charge < -0.3 is 0 Å². The van der Waals surface area contributed by atoms with Crippen LogP contribution in [0.4, 0.5) is 5.69 Å². The Kier molecular flexibility index (Phi) is 3.78. The van der Waals surface area contributed by atoms with Crippen LogP contribution in [0.3, 0.4) is 0 Å². The Hall–Kier alpha value is -1.59. The van der Waals surface area contributed by atoms with Crippen molar-refractivity contribution in [3.05, 3.63) is 52.8 Å². The molecule has 0 aliphatic carbocycles. The van der Waals surface area contributed by atoms with Gasteiger partial charge in [-0.25, -0.2) is 13.4 Å². The lowest BCUT2D eigenvalue weighted by atomic mass is 10.2. The van der Waals surface area contributed by atoms with Crippen molar-refractivity contribution < 1.29 is 8.42 Å². The number of hydrogen-bond donors (Lipinski definition) is 1. The predicted molar refractivity (Wildman–Crippen MR) is 76.0 cm³/mol. The highest BCUT2D eigenvalue weighted by Gasteiger charge is 2.15. The van der Waals surface area contributed by atoms with Crippen molar-refractivity contribution >= 4 is 27.3 Å². The average Bonchev–Trinajstić information content (AvgIpc) is 2.33. The van der Waals surface area contributed by atoms with E-state index in [-0.39, 0.29) is 4.90 Å². The van der Waals surface area contributed by atoms with Crippen LogP contribution in [-0.2, 0) is 10.0 Å². The number of halogens is 1. The molecule has 1 N–H and O–H groups in total. The van der Waals surface area contributed by atoms with E-state index in [1.54, 1.807) is 37.3 Å². The summed E-state index contributed by atoms with van der Waals surface area (Å²) in [4.78, 5) is 4.09. The molecule has 4 nitrogen and oxygen atoms in total. The highest BCUT2D eigenvalue weighted by atomic mass is 35.5. The van der Waals surface area contributed by atoms with Gasteiger partial charge in [0.2, 0.25) is 0 Å². The monoisotopic (exact) mass is 296 g/mol. The molecule has 1 heterocycles. The topological polar surface area (TPSA) is 59.1 Å². The van der Waals surface area contributed by atoms with E-state index in [0.717, 1.165) is 11.1 Å². The third kappa shape index (κ3) is 3.24. The zero-order valence-corrected chi connectivity index (χ0v) is 12.1. The minimum atomic E-state index is -3.60. The maximum atomic E-state index is 12.2. The quantitative estimate of drug-likeness (QED) is 0.885. The Balaban J connectivity index is 2.33. The van der Waals surface area contributed by atoms with Crippen molar-refractivity contribution in [1.82, 2.24) is 4.98 Å². The fraction of sp³-hybridized carbons (Fsp3) is 0.154. The minimum Gasteiger partial charge on any atom is -0.278 e. The molecule has 2 rings (SSSR count). The summed E-state index contributed by atoms with van der Waals surface area (Å²) in [5.74, 6) is 0. The maximum Gasteiger partial charge on any atom is 0.261 e. The minimum absolute atomic E-state index is 0.215. The van der Waals surface area contributed by atoms with E-state index in [9.17, 15) is 8.42 Å². The van der Waals surface area contributed by atoms with Crippen LogP contribution in [0.2, 0.25) is 5.15 Å². The molecule has 2 aromatic rings. The number of aromatic nitrogens is 1. The predicted octanol–water partition coefficient (Wildman–Crippen LogP) is 3.15. The number of hydrogen-bond acceptors (Lipinski definition) is 3. The molecule has 0 bridgehead atoms. The fourth-order valence-electron chi connectivity index (χ4n) is 1.55. The number of aryl methyl sites for hydroxylation is 2. The summed E-state index contributed by atoms with van der Waals surface area (Å²) in [5, 5.41) is 0.329. The molecule has 19 heavy (non-hydrogen) atoms. The molecular weight excluding hydrogens is 284 g/mol. The Morgan fingerprint density at radius 3 is 2.37 bits per heavy atom. The van der Waals surface area contributed by atoms with Gasteiger partial charge in [-0.3, -0.25) is 4.72 Å². The summed E-state index contributed by atoms with van der Waals surface area (Å²) in [6.45, 7) is 3.66. The van der Waals surface area contributed by atoms with E-state index >= 15 is 0 Å². The second kappa shape index (κ2) is 5.19. The van der Waals surface area contributed by atoms with E-state index in [0.29, 0.717) is 10.8 Å². The van der Waals surface area contributed by atoms with Crippen molar-refractivity contribution in [2.45, 2.75) is 18.7 Å². The highest BCUT2D eigenvalue weighted by molar-refractivity contribution is 7.92. The first-order valence-corrected chi connectivity index (χ1v) is 7.46. The van der Waals surface area contributed by atoms with E-state index in [2.05, 4.69) is 9.71 Å². The number of nitrogens with one attached hydrogen (secondary N) is 1. The lowest BCUT2D eigenvalue weighted by Crippen LogP contribution is -2.14. The largest absolute Gasteiger partial charge is 0.278 e. The van der Waals surface area contributed by atoms with Crippen molar-refractivity contribution in [1.29, 1.82) is 0 Å². The molecular formula is C13H13ClN2O2S. The SMILES string of the molecule is Cc1ccc(S(=O)(=O)Nc2cnc(Cl)cc2C)cc1. The van der Waals surface area contributed by atoms with Gasteiger partial charge in [-0.2, -0.15) is 0 Å². The Bertz CT molecular complexity index is 697. The van der Waals surface area contributed by atoms with Gasteiger partial charge in [0.15, 0.2) is 0 Å². The molecule has 100 valence electrons. The van der Waals surface area contributed by atoms with Crippen LogP contribution in [0.15, 0.2) is 41.4 Å². The molecule has 0 aliphatic rings. The zero-order chi connectivity index (χ0) is 14.0. The fourth-order valence-corrected chi connectivity index (χ4v) is 2.88. The summed E-state index contributed by atoms with van der Waals surface area (Å²) >= 11 is 5.73. The number of rotatable bonds is 3. The van der Waals surface area contributed by atoms with Crippen molar-refractivity contribution in [3.8, 4) is 0 Å². The van der Waals surface area contributed by atoms with Crippen LogP contribution in [0.1, 0.15) is 11.1 Å². The van der Waals surface area contributed by atoms with Gasteiger partial charge in [-0.1, -0.05) is 29.3 Å². The second-order valence-electron chi connectivity index (χ2n) is 4.24. The van der Waals surface area contributed by atoms with E-state index in [1.807, 2.05) is 6.92 Å². The van der Waals surface area contributed by atoms with Crippen LogP contribution in [-0.4, -0.2) is 13.4 Å². The molecule has 0 amide bonds. The second-order valence-corrected chi connectivity index (χ2v) is 6.31. The van der Waals surface area contributed by atoms with Gasteiger partial charge >= 0.3 is 0 Å². The van der Waals surface area contributed by atoms with Gasteiger partial charge in [0, 0.05) is 0 Å². The standard InChI is InChI=1S/C13H13ClN2O2S/c1-9-3-5-11(6-4-9)19(17,18)16-12-8-15-13(14)7-10(12)2/h3-8,16H,1-2H3. The first kappa shape index (κ1) is 13.8. The molecule has 0 saturated heterocycles. The molecule has 0 aliphatic heterocycles. The maximum absolute atomic E-state index is 12.2. The third-order valence-corrected chi connectivity index (χ3v) is 4.24. The van der Waals surface area contributed by atoms with Crippen molar-refractivity contribution in [2.75, 3.05) is 4.72 Å². The number of benzene rings is 1. The zero-order valence-electron chi connectivity index (χ0n) is 10.5. The van der Waals surface area contributed by atoms with Crippen molar-refractivity contribution in [2.24, 2.45) is 0 Å². The number of pyridine rings is 1. The lowest BCUT2D eigenvalue weighted by molar-refractivity contribution is 0.601. The van der Waals surface area contributed by atoms with Crippen molar-refractivity contribution in [3.63, 3.8) is 0 Å². The smallest absolute Gasteiger partial charge is 0.261 e. The van der Waals surface area contributed by atoms with Gasteiger partial charge in [-0.05, 0) is 37.6 Å². The summed E-state index contributed by atoms with van der Waals surface area (Å²) < 4.78 is 26.9. The molecule has 0 unspecified atom stereocenters. The number of sulfonamides is 1. The molecule has 0 fully saturated rings. The molecule has 1 aromatic heterocycles. The van der Waals surface area contributed by atoms with Gasteiger partial charge in [0.25, 0.3) is 10.0 Å². The van der Waals surface area contributed by atoms with E-state index < -0.39 is 10.0 Å². The average molecular weight is 297 g/mol. The normalized spacial score (nSPS) is 11.3. The third-order valence-electron chi connectivity index (χ3n) is 2.65. The first-order chi connectivity index (χ1) is 8.88. The van der Waals surface area contributed by atoms with Crippen LogP contribution >= 0.6 is 11.6 Å². The van der Waals surface area contributed by atoms with Gasteiger partial charge in [-0.15, -0.1) is 0 Å². The number of nitrogens with zero attached hydrogens (tertiary/aromatic N) is 1. The van der Waals surface area contributed by atoms with Crippen LogP contribution in [0, 0.1) is 13.8 Å². The lowest BCUT2D eigenvalue weighted by Gasteiger charge is -2.10. The first-order valence-electron chi connectivity index (χ1n) is 5.60. The molecule has 1 aromatic carbocycles. The Morgan fingerprint density at radius 2 is 1.79 bits per heavy atom. The van der Waals surface area contributed by atoms with Crippen LogP contribution in [0.25, 0.3) is 0 Å². The molecule has 0 atom stereocenters. The summed E-state index contributed by atoms with van der Waals surface area (Å²) in [5.41, 5.74) is 2.14. The summed E-state index contributed by atoms with van der Waals surface area (Å²) in [7, 11) is -3.60. The van der Waals surface area contributed by atoms with E-state index in [1.165, 1.54) is 6.20 Å².